The highest BCUT2D eigenvalue weighted by molar-refractivity contribution is 4.88. The third kappa shape index (κ3) is 2.83. The van der Waals surface area contributed by atoms with Gasteiger partial charge in [-0.05, 0) is 20.3 Å². The Morgan fingerprint density at radius 3 is 2.94 bits per heavy atom. The van der Waals surface area contributed by atoms with E-state index in [4.69, 9.17) is 0 Å². The highest BCUT2D eigenvalue weighted by Gasteiger charge is 2.28. The Balaban J connectivity index is 1.76. The van der Waals surface area contributed by atoms with Gasteiger partial charge in [-0.2, -0.15) is 0 Å². The van der Waals surface area contributed by atoms with Gasteiger partial charge in [-0.3, -0.25) is 4.90 Å². The number of hydrogen-bond donors (Lipinski definition) is 1. The number of imidazole rings is 1. The van der Waals surface area contributed by atoms with Gasteiger partial charge in [-0.1, -0.05) is 0 Å². The molecule has 2 rings (SSSR count). The summed E-state index contributed by atoms with van der Waals surface area (Å²) in [7, 11) is 0. The fraction of sp³-hybridized carbons (Fsp3) is 0.750. The monoisotopic (exact) mass is 222 g/mol. The molecule has 1 aromatic heterocycles. The van der Waals surface area contributed by atoms with E-state index < -0.39 is 0 Å². The van der Waals surface area contributed by atoms with E-state index in [1.54, 1.807) is 0 Å². The summed E-state index contributed by atoms with van der Waals surface area (Å²) in [4.78, 5) is 6.64. The SMILES string of the molecule is CC1(C)CNCCN1CCCn1ccnc1. The smallest absolute Gasteiger partial charge is 0.0945 e. The van der Waals surface area contributed by atoms with Crippen molar-refractivity contribution in [2.45, 2.75) is 32.4 Å². The number of nitrogens with one attached hydrogen (secondary N) is 1. The molecular weight excluding hydrogens is 200 g/mol. The van der Waals surface area contributed by atoms with Gasteiger partial charge in [0.1, 0.15) is 0 Å². The number of aryl methyl sites for hydroxylation is 1. The number of rotatable bonds is 4. The van der Waals surface area contributed by atoms with Crippen molar-refractivity contribution in [1.29, 1.82) is 0 Å². The van der Waals surface area contributed by atoms with E-state index in [1.807, 2.05) is 18.7 Å². The first-order valence-corrected chi connectivity index (χ1v) is 6.10. The molecular formula is C12H22N4. The van der Waals surface area contributed by atoms with E-state index in [0.717, 1.165) is 26.2 Å². The van der Waals surface area contributed by atoms with Crippen molar-refractivity contribution in [3.8, 4) is 0 Å². The molecule has 1 aromatic rings. The van der Waals surface area contributed by atoms with E-state index in [9.17, 15) is 0 Å². The lowest BCUT2D eigenvalue weighted by atomic mass is 10.00. The second-order valence-electron chi connectivity index (χ2n) is 5.13. The van der Waals surface area contributed by atoms with Crippen molar-refractivity contribution in [3.05, 3.63) is 18.7 Å². The largest absolute Gasteiger partial charge is 0.337 e. The van der Waals surface area contributed by atoms with Gasteiger partial charge in [0.25, 0.3) is 0 Å². The van der Waals surface area contributed by atoms with Crippen LogP contribution in [0.2, 0.25) is 0 Å². The summed E-state index contributed by atoms with van der Waals surface area (Å²) in [6, 6.07) is 0. The standard InChI is InChI=1S/C12H22N4/c1-12(2)10-13-5-9-16(12)7-3-6-15-8-4-14-11-15/h4,8,11,13H,3,5-7,9-10H2,1-2H3. The van der Waals surface area contributed by atoms with Crippen LogP contribution in [0.4, 0.5) is 0 Å². The summed E-state index contributed by atoms with van der Waals surface area (Å²) in [6.07, 6.45) is 6.96. The zero-order valence-corrected chi connectivity index (χ0v) is 10.3. The Hall–Kier alpha value is -0.870. The lowest BCUT2D eigenvalue weighted by molar-refractivity contribution is 0.0880. The van der Waals surface area contributed by atoms with Crippen LogP contribution in [0.15, 0.2) is 18.7 Å². The van der Waals surface area contributed by atoms with Gasteiger partial charge in [0, 0.05) is 50.7 Å². The first-order valence-electron chi connectivity index (χ1n) is 6.10. The second kappa shape index (κ2) is 4.97. The van der Waals surface area contributed by atoms with Gasteiger partial charge in [0.2, 0.25) is 0 Å². The predicted molar refractivity (Wildman–Crippen MR) is 65.4 cm³/mol. The first kappa shape index (κ1) is 11.6. The molecule has 4 nitrogen and oxygen atoms in total. The molecule has 90 valence electrons. The summed E-state index contributed by atoms with van der Waals surface area (Å²) in [5.41, 5.74) is 0.299. The second-order valence-corrected chi connectivity index (χ2v) is 5.13. The first-order chi connectivity index (χ1) is 7.68. The van der Waals surface area contributed by atoms with E-state index >= 15 is 0 Å². The van der Waals surface area contributed by atoms with Gasteiger partial charge in [0.15, 0.2) is 0 Å². The molecule has 0 aliphatic carbocycles. The lowest BCUT2D eigenvalue weighted by Gasteiger charge is -2.42. The van der Waals surface area contributed by atoms with E-state index in [0.29, 0.717) is 5.54 Å². The topological polar surface area (TPSA) is 33.1 Å². The van der Waals surface area contributed by atoms with Crippen LogP contribution in [0.5, 0.6) is 0 Å². The van der Waals surface area contributed by atoms with Crippen molar-refractivity contribution in [1.82, 2.24) is 19.8 Å². The van der Waals surface area contributed by atoms with Crippen molar-refractivity contribution in [2.24, 2.45) is 0 Å². The van der Waals surface area contributed by atoms with E-state index in [1.165, 1.54) is 13.0 Å². The molecule has 0 atom stereocenters. The van der Waals surface area contributed by atoms with Gasteiger partial charge < -0.3 is 9.88 Å². The molecule has 0 unspecified atom stereocenters. The molecule has 1 fully saturated rings. The maximum absolute atomic E-state index is 4.06. The Labute approximate surface area is 97.7 Å². The van der Waals surface area contributed by atoms with Crippen LogP contribution < -0.4 is 5.32 Å². The minimum absolute atomic E-state index is 0.299. The molecule has 0 saturated carbocycles. The molecule has 4 heteroatoms. The molecule has 2 heterocycles. The summed E-state index contributed by atoms with van der Waals surface area (Å²) >= 11 is 0. The normalized spacial score (nSPS) is 21.1. The molecule has 0 bridgehead atoms. The van der Waals surface area contributed by atoms with Gasteiger partial charge in [-0.15, -0.1) is 0 Å². The fourth-order valence-electron chi connectivity index (χ4n) is 2.30. The van der Waals surface area contributed by atoms with E-state index in [2.05, 4.69) is 33.6 Å². The van der Waals surface area contributed by atoms with Crippen LogP contribution in [0.3, 0.4) is 0 Å². The van der Waals surface area contributed by atoms with Crippen LogP contribution >= 0.6 is 0 Å². The van der Waals surface area contributed by atoms with Crippen molar-refractivity contribution < 1.29 is 0 Å². The molecule has 1 aliphatic rings. The minimum Gasteiger partial charge on any atom is -0.337 e. The average molecular weight is 222 g/mol. The lowest BCUT2D eigenvalue weighted by Crippen LogP contribution is -2.58. The Morgan fingerprint density at radius 1 is 1.38 bits per heavy atom. The zero-order valence-electron chi connectivity index (χ0n) is 10.3. The number of hydrogen-bond acceptors (Lipinski definition) is 3. The molecule has 0 radical (unpaired) electrons. The molecule has 0 amide bonds. The quantitative estimate of drug-likeness (QED) is 0.823. The van der Waals surface area contributed by atoms with Crippen LogP contribution in [-0.4, -0.2) is 46.2 Å². The molecule has 16 heavy (non-hydrogen) atoms. The summed E-state index contributed by atoms with van der Waals surface area (Å²) in [5, 5.41) is 3.45. The van der Waals surface area contributed by atoms with Gasteiger partial charge in [0.05, 0.1) is 6.33 Å². The Bertz CT molecular complexity index is 305. The average Bonchev–Trinajstić information content (AvgIpc) is 2.73. The number of aromatic nitrogens is 2. The predicted octanol–water partition coefficient (Wildman–Crippen LogP) is 0.957. The maximum Gasteiger partial charge on any atom is 0.0945 e. The number of piperazine rings is 1. The molecule has 1 saturated heterocycles. The Morgan fingerprint density at radius 2 is 2.25 bits per heavy atom. The zero-order chi connectivity index (χ0) is 11.4. The molecule has 0 aromatic carbocycles. The molecule has 1 aliphatic heterocycles. The van der Waals surface area contributed by atoms with Gasteiger partial charge >= 0.3 is 0 Å². The third-order valence-corrected chi connectivity index (χ3v) is 3.38. The molecule has 0 spiro atoms. The fourth-order valence-corrected chi connectivity index (χ4v) is 2.30. The number of nitrogens with zero attached hydrogens (tertiary/aromatic N) is 3. The van der Waals surface area contributed by atoms with Crippen LogP contribution in [0.25, 0.3) is 0 Å². The van der Waals surface area contributed by atoms with Gasteiger partial charge in [-0.25, -0.2) is 4.98 Å². The summed E-state index contributed by atoms with van der Waals surface area (Å²) < 4.78 is 2.15. The van der Waals surface area contributed by atoms with E-state index in [-0.39, 0.29) is 0 Å². The van der Waals surface area contributed by atoms with Crippen LogP contribution in [0.1, 0.15) is 20.3 Å². The van der Waals surface area contributed by atoms with Crippen molar-refractivity contribution >= 4 is 0 Å². The maximum atomic E-state index is 4.06. The summed E-state index contributed by atoms with van der Waals surface area (Å²) in [5.74, 6) is 0. The van der Waals surface area contributed by atoms with Crippen LogP contribution in [0, 0.1) is 0 Å². The highest BCUT2D eigenvalue weighted by Crippen LogP contribution is 2.16. The third-order valence-electron chi connectivity index (χ3n) is 3.38. The highest BCUT2D eigenvalue weighted by atomic mass is 15.2. The Kier molecular flexibility index (Phi) is 3.61. The minimum atomic E-state index is 0.299. The van der Waals surface area contributed by atoms with Crippen LogP contribution in [-0.2, 0) is 6.54 Å². The molecule has 1 N–H and O–H groups in total. The van der Waals surface area contributed by atoms with Crippen molar-refractivity contribution in [3.63, 3.8) is 0 Å². The van der Waals surface area contributed by atoms with Crippen molar-refractivity contribution in [2.75, 3.05) is 26.2 Å². The summed E-state index contributed by atoms with van der Waals surface area (Å²) in [6.45, 7) is 10.3.